The van der Waals surface area contributed by atoms with Gasteiger partial charge in [0.1, 0.15) is 0 Å². The largest absolute Gasteiger partial charge is 0.493 e. The number of hydrogen-bond acceptors (Lipinski definition) is 4. The van der Waals surface area contributed by atoms with E-state index in [1.807, 2.05) is 0 Å². The molecule has 0 heterocycles. The van der Waals surface area contributed by atoms with Gasteiger partial charge in [-0.25, -0.2) is 0 Å². The van der Waals surface area contributed by atoms with Crippen molar-refractivity contribution in [3.8, 4) is 11.5 Å². The van der Waals surface area contributed by atoms with Gasteiger partial charge in [-0.3, -0.25) is 10.1 Å². The zero-order chi connectivity index (χ0) is 12.1. The van der Waals surface area contributed by atoms with Gasteiger partial charge in [-0.1, -0.05) is 0 Å². The minimum Gasteiger partial charge on any atom is -0.493 e. The highest BCUT2D eigenvalue weighted by molar-refractivity contribution is 6.17. The van der Waals surface area contributed by atoms with Gasteiger partial charge < -0.3 is 9.47 Å². The molecule has 1 aromatic carbocycles. The number of nitro benzene ring substituents is 1. The molecule has 0 N–H and O–H groups in total. The van der Waals surface area contributed by atoms with Crippen LogP contribution in [0.5, 0.6) is 11.5 Å². The molecule has 88 valence electrons. The molecule has 1 rings (SSSR count). The molecule has 1 aromatic rings. The van der Waals surface area contributed by atoms with Crippen molar-refractivity contribution in [3.63, 3.8) is 0 Å². The van der Waals surface area contributed by atoms with Crippen LogP contribution in [-0.2, 0) is 5.88 Å². The van der Waals surface area contributed by atoms with Crippen LogP contribution in [0.2, 0.25) is 0 Å². The Morgan fingerprint density at radius 2 is 2.12 bits per heavy atom. The van der Waals surface area contributed by atoms with Crippen LogP contribution >= 0.6 is 11.6 Å². The molecule has 16 heavy (non-hydrogen) atoms. The molecule has 0 amide bonds. The Labute approximate surface area is 98.1 Å². The summed E-state index contributed by atoms with van der Waals surface area (Å²) in [5.41, 5.74) is 0.353. The van der Waals surface area contributed by atoms with Gasteiger partial charge in [-0.2, -0.15) is 0 Å². The molecule has 0 unspecified atom stereocenters. The van der Waals surface area contributed by atoms with Gasteiger partial charge in [0.2, 0.25) is 0 Å². The van der Waals surface area contributed by atoms with Crippen LogP contribution < -0.4 is 9.47 Å². The van der Waals surface area contributed by atoms with Crippen molar-refractivity contribution in [1.29, 1.82) is 0 Å². The molecular formula is C10H12ClNO4. The number of ether oxygens (including phenoxy) is 2. The molecule has 0 saturated heterocycles. The third kappa shape index (κ3) is 2.55. The summed E-state index contributed by atoms with van der Waals surface area (Å²) in [7, 11) is 1.47. The van der Waals surface area contributed by atoms with Crippen molar-refractivity contribution < 1.29 is 14.4 Å². The molecule has 0 radical (unpaired) electrons. The predicted molar refractivity (Wildman–Crippen MR) is 60.4 cm³/mol. The molecule has 6 heteroatoms. The third-order valence-electron chi connectivity index (χ3n) is 2.01. The number of halogens is 1. The quantitative estimate of drug-likeness (QED) is 0.455. The first-order valence-corrected chi connectivity index (χ1v) is 5.21. The second kappa shape index (κ2) is 5.55. The topological polar surface area (TPSA) is 61.6 Å². The highest BCUT2D eigenvalue weighted by Gasteiger charge is 2.18. The van der Waals surface area contributed by atoms with Gasteiger partial charge in [0.15, 0.2) is 11.5 Å². The van der Waals surface area contributed by atoms with Crippen molar-refractivity contribution in [2.45, 2.75) is 12.8 Å². The second-order valence-corrected chi connectivity index (χ2v) is 3.22. The number of methoxy groups -OCH3 is 1. The average molecular weight is 246 g/mol. The number of hydrogen-bond donors (Lipinski definition) is 0. The summed E-state index contributed by atoms with van der Waals surface area (Å²) in [6.07, 6.45) is 0. The summed E-state index contributed by atoms with van der Waals surface area (Å²) in [6.45, 7) is 2.20. The highest BCUT2D eigenvalue weighted by atomic mass is 35.5. The van der Waals surface area contributed by atoms with E-state index in [1.165, 1.54) is 19.2 Å². The van der Waals surface area contributed by atoms with Gasteiger partial charge in [0, 0.05) is 5.56 Å². The van der Waals surface area contributed by atoms with E-state index < -0.39 is 4.92 Å². The van der Waals surface area contributed by atoms with Crippen LogP contribution in [0.3, 0.4) is 0 Å². The predicted octanol–water partition coefficient (Wildman–Crippen LogP) is 2.74. The number of nitrogens with zero attached hydrogens (tertiary/aromatic N) is 1. The number of benzene rings is 1. The van der Waals surface area contributed by atoms with Crippen LogP contribution in [-0.4, -0.2) is 18.6 Å². The number of nitro groups is 1. The number of rotatable bonds is 5. The molecule has 0 aliphatic rings. The lowest BCUT2D eigenvalue weighted by Gasteiger charge is -2.10. The van der Waals surface area contributed by atoms with E-state index in [4.69, 9.17) is 21.1 Å². The van der Waals surface area contributed by atoms with Crippen molar-refractivity contribution in [1.82, 2.24) is 0 Å². The molecule has 0 fully saturated rings. The Balaban J connectivity index is 3.28. The summed E-state index contributed by atoms with van der Waals surface area (Å²) in [4.78, 5) is 10.3. The van der Waals surface area contributed by atoms with E-state index in [-0.39, 0.29) is 11.6 Å². The minimum atomic E-state index is -0.486. The maximum atomic E-state index is 10.8. The van der Waals surface area contributed by atoms with E-state index in [9.17, 15) is 10.1 Å². The summed E-state index contributed by atoms with van der Waals surface area (Å²) < 4.78 is 10.3. The molecule has 0 bridgehead atoms. The molecular weight excluding hydrogens is 234 g/mol. The second-order valence-electron chi connectivity index (χ2n) is 2.96. The fourth-order valence-electron chi connectivity index (χ4n) is 1.30. The number of alkyl halides is 1. The fourth-order valence-corrected chi connectivity index (χ4v) is 1.51. The molecule has 0 aromatic heterocycles. The van der Waals surface area contributed by atoms with Gasteiger partial charge in [-0.15, -0.1) is 11.6 Å². The Morgan fingerprint density at radius 1 is 1.44 bits per heavy atom. The Kier molecular flexibility index (Phi) is 4.37. The highest BCUT2D eigenvalue weighted by Crippen LogP contribution is 2.35. The van der Waals surface area contributed by atoms with Crippen molar-refractivity contribution in [3.05, 3.63) is 27.8 Å². The molecule has 0 aliphatic carbocycles. The lowest BCUT2D eigenvalue weighted by Crippen LogP contribution is -2.00. The Bertz CT molecular complexity index is 395. The monoisotopic (exact) mass is 245 g/mol. The third-order valence-corrected chi connectivity index (χ3v) is 2.29. The molecule has 0 aliphatic heterocycles. The van der Waals surface area contributed by atoms with E-state index in [0.29, 0.717) is 23.7 Å². The SMILES string of the molecule is CCOc1cc([N+](=O)[O-])c(CCl)cc1OC. The zero-order valence-corrected chi connectivity index (χ0v) is 9.78. The van der Waals surface area contributed by atoms with Crippen molar-refractivity contribution >= 4 is 17.3 Å². The van der Waals surface area contributed by atoms with Gasteiger partial charge in [-0.05, 0) is 13.0 Å². The zero-order valence-electron chi connectivity index (χ0n) is 9.03. The van der Waals surface area contributed by atoms with Crippen LogP contribution in [0, 0.1) is 10.1 Å². The minimum absolute atomic E-state index is 0.0546. The van der Waals surface area contributed by atoms with E-state index >= 15 is 0 Å². The summed E-state index contributed by atoms with van der Waals surface area (Å²) >= 11 is 5.63. The lowest BCUT2D eigenvalue weighted by molar-refractivity contribution is -0.385. The maximum Gasteiger partial charge on any atom is 0.277 e. The first-order chi connectivity index (χ1) is 7.63. The van der Waals surface area contributed by atoms with Gasteiger partial charge >= 0.3 is 0 Å². The summed E-state index contributed by atoms with van der Waals surface area (Å²) in [5.74, 6) is 0.854. The Hall–Kier alpha value is -1.49. The van der Waals surface area contributed by atoms with E-state index in [2.05, 4.69) is 0 Å². The van der Waals surface area contributed by atoms with Gasteiger partial charge in [0.05, 0.1) is 30.6 Å². The fraction of sp³-hybridized carbons (Fsp3) is 0.400. The maximum absolute atomic E-state index is 10.8. The molecule has 0 atom stereocenters. The van der Waals surface area contributed by atoms with Crippen LogP contribution in [0.25, 0.3) is 0 Å². The van der Waals surface area contributed by atoms with E-state index in [1.54, 1.807) is 6.92 Å². The standard InChI is InChI=1S/C10H12ClNO4/c1-3-16-10-5-8(12(13)14)7(6-11)4-9(10)15-2/h4-5H,3,6H2,1-2H3. The summed E-state index contributed by atoms with van der Waals surface area (Å²) in [6, 6.07) is 2.86. The van der Waals surface area contributed by atoms with E-state index in [0.717, 1.165) is 0 Å². The van der Waals surface area contributed by atoms with Crippen molar-refractivity contribution in [2.24, 2.45) is 0 Å². The van der Waals surface area contributed by atoms with Crippen LogP contribution in [0.15, 0.2) is 12.1 Å². The van der Waals surface area contributed by atoms with Crippen LogP contribution in [0.1, 0.15) is 12.5 Å². The molecule has 5 nitrogen and oxygen atoms in total. The Morgan fingerprint density at radius 3 is 2.56 bits per heavy atom. The van der Waals surface area contributed by atoms with Gasteiger partial charge in [0.25, 0.3) is 5.69 Å². The van der Waals surface area contributed by atoms with Crippen molar-refractivity contribution in [2.75, 3.05) is 13.7 Å². The first-order valence-electron chi connectivity index (χ1n) is 4.68. The summed E-state index contributed by atoms with van der Waals surface area (Å²) in [5, 5.41) is 10.8. The lowest BCUT2D eigenvalue weighted by atomic mass is 10.2. The normalized spacial score (nSPS) is 9.94. The molecule has 0 saturated carbocycles. The average Bonchev–Trinajstić information content (AvgIpc) is 2.28. The van der Waals surface area contributed by atoms with Crippen LogP contribution in [0.4, 0.5) is 5.69 Å². The molecule has 0 spiro atoms. The first kappa shape index (κ1) is 12.6. The smallest absolute Gasteiger partial charge is 0.277 e.